The fraction of sp³-hybridized carbons (Fsp3) is 0.833. The fourth-order valence-corrected chi connectivity index (χ4v) is 0.609. The quantitative estimate of drug-likeness (QED) is 0.545. The Labute approximate surface area is 77.1 Å². The Morgan fingerprint density at radius 1 is 1.60 bits per heavy atom. The van der Waals surface area contributed by atoms with Crippen molar-refractivity contribution in [2.75, 3.05) is 0 Å². The van der Waals surface area contributed by atoms with Gasteiger partial charge in [-0.15, -0.1) is 0 Å². The van der Waals surface area contributed by atoms with Crippen molar-refractivity contribution < 1.29 is 9.90 Å². The zero-order valence-electron chi connectivity index (χ0n) is 5.79. The summed E-state index contributed by atoms with van der Waals surface area (Å²) in [5.74, 6) is -0.556. The molecular weight excluding hydrogens is 142 g/mol. The van der Waals surface area contributed by atoms with E-state index in [4.69, 9.17) is 10.8 Å². The van der Waals surface area contributed by atoms with Gasteiger partial charge in [0.25, 0.3) is 0 Å². The lowest BCUT2D eigenvalue weighted by Gasteiger charge is -2.07. The highest BCUT2D eigenvalue weighted by Gasteiger charge is 2.11. The van der Waals surface area contributed by atoms with Crippen molar-refractivity contribution in [1.82, 2.24) is 0 Å². The summed E-state index contributed by atoms with van der Waals surface area (Å²) in [5.41, 5.74) is 5.22. The molecule has 0 aromatic carbocycles. The molecule has 0 rings (SSSR count). The van der Waals surface area contributed by atoms with Gasteiger partial charge < -0.3 is 10.8 Å². The van der Waals surface area contributed by atoms with Gasteiger partial charge in [0.05, 0.1) is 0 Å². The van der Waals surface area contributed by atoms with Gasteiger partial charge >= 0.3 is 29.0 Å². The molecule has 0 saturated carbocycles. The van der Waals surface area contributed by atoms with Crippen molar-refractivity contribution in [3.63, 3.8) is 0 Å². The summed E-state index contributed by atoms with van der Waals surface area (Å²) >= 11 is 0. The summed E-state index contributed by atoms with van der Waals surface area (Å²) in [6, 6.07) is -0.690. The first kappa shape index (κ1) is 12.8. The van der Waals surface area contributed by atoms with Crippen LogP contribution in [0.5, 0.6) is 0 Å². The third-order valence-corrected chi connectivity index (χ3v) is 1.04. The number of rotatable bonds is 3. The van der Waals surface area contributed by atoms with E-state index in [1.807, 2.05) is 13.8 Å². The van der Waals surface area contributed by atoms with Crippen molar-refractivity contribution in [2.45, 2.75) is 26.3 Å². The smallest absolute Gasteiger partial charge is 0.320 e. The molecule has 0 fully saturated rings. The summed E-state index contributed by atoms with van der Waals surface area (Å²) in [6.45, 7) is 3.89. The average molecular weight is 157 g/mol. The molecule has 0 aliphatic heterocycles. The van der Waals surface area contributed by atoms with Crippen LogP contribution in [-0.2, 0) is 4.79 Å². The molecule has 10 heavy (non-hydrogen) atoms. The topological polar surface area (TPSA) is 63.3 Å². The van der Waals surface area contributed by atoms with Crippen LogP contribution in [0, 0.1) is 5.92 Å². The summed E-state index contributed by atoms with van der Waals surface area (Å²) in [5, 5.41) is 8.31. The molecule has 0 aliphatic carbocycles. The second-order valence-corrected chi connectivity index (χ2v) is 2.57. The molecule has 0 saturated heterocycles. The normalized spacial score (nSPS) is 12.4. The van der Waals surface area contributed by atoms with Gasteiger partial charge in [0, 0.05) is 0 Å². The van der Waals surface area contributed by atoms with Crippen molar-refractivity contribution in [3.8, 4) is 0 Å². The van der Waals surface area contributed by atoms with Crippen molar-refractivity contribution in [1.29, 1.82) is 0 Å². The number of hydrogen-bond donors (Lipinski definition) is 2. The number of nitrogens with two attached hydrogens (primary N) is 1. The second kappa shape index (κ2) is 5.94. The second-order valence-electron chi connectivity index (χ2n) is 2.57. The first-order chi connectivity index (χ1) is 4.04. The first-order valence-electron chi connectivity index (χ1n) is 3.02. The maximum atomic E-state index is 10.1. The Balaban J connectivity index is 0. The van der Waals surface area contributed by atoms with Gasteiger partial charge in [-0.3, -0.25) is 4.79 Å². The maximum Gasteiger partial charge on any atom is 0.320 e. The van der Waals surface area contributed by atoms with E-state index in [-0.39, 0.29) is 23.1 Å². The minimum atomic E-state index is -0.913. The largest absolute Gasteiger partial charge is 0.480 e. The molecule has 0 spiro atoms. The number of aliphatic carboxylic acids is 1. The Hall–Kier alpha value is 0.196. The molecule has 3 N–H and O–H groups in total. The summed E-state index contributed by atoms with van der Waals surface area (Å²) in [7, 11) is 0. The van der Waals surface area contributed by atoms with Crippen LogP contribution in [-0.4, -0.2) is 40.2 Å². The van der Waals surface area contributed by atoms with E-state index in [0.717, 1.165) is 0 Å². The van der Waals surface area contributed by atoms with Gasteiger partial charge in [-0.05, 0) is 12.3 Å². The van der Waals surface area contributed by atoms with Gasteiger partial charge in [0.1, 0.15) is 6.04 Å². The highest BCUT2D eigenvalue weighted by molar-refractivity contribution is 5.75. The molecule has 58 valence electrons. The van der Waals surface area contributed by atoms with E-state index < -0.39 is 12.0 Å². The van der Waals surface area contributed by atoms with E-state index in [1.54, 1.807) is 0 Å². The Morgan fingerprint density at radius 3 is 2.10 bits per heavy atom. The third kappa shape index (κ3) is 6.32. The third-order valence-electron chi connectivity index (χ3n) is 1.04. The number of carboxylic acid groups (broad SMARTS) is 1. The van der Waals surface area contributed by atoms with E-state index >= 15 is 0 Å². The molecule has 0 bridgehead atoms. The van der Waals surface area contributed by atoms with Gasteiger partial charge in [-0.1, -0.05) is 13.8 Å². The molecule has 4 heteroatoms. The predicted molar refractivity (Wildman–Crippen MR) is 43.6 cm³/mol. The SMILES string of the molecule is CC(C)CC(N)C(=O)O.[MgH2]. The van der Waals surface area contributed by atoms with Gasteiger partial charge in [-0.2, -0.15) is 0 Å². The van der Waals surface area contributed by atoms with Crippen LogP contribution in [0.4, 0.5) is 0 Å². The lowest BCUT2D eigenvalue weighted by molar-refractivity contribution is -0.138. The van der Waals surface area contributed by atoms with E-state index in [9.17, 15) is 4.79 Å². The lowest BCUT2D eigenvalue weighted by Crippen LogP contribution is -2.31. The lowest BCUT2D eigenvalue weighted by atomic mass is 10.1. The molecule has 0 aromatic rings. The van der Waals surface area contributed by atoms with Crippen LogP contribution in [0.15, 0.2) is 0 Å². The molecule has 3 nitrogen and oxygen atoms in total. The van der Waals surface area contributed by atoms with E-state index in [0.29, 0.717) is 12.3 Å². The van der Waals surface area contributed by atoms with Crippen LogP contribution in [0.25, 0.3) is 0 Å². The standard InChI is InChI=1S/C6H13NO2.Mg.2H/c1-4(2)3-5(7)6(8)9;;;/h4-5H,3,7H2,1-2H3,(H,8,9);;;. The monoisotopic (exact) mass is 157 g/mol. The molecule has 0 radical (unpaired) electrons. The summed E-state index contributed by atoms with van der Waals surface area (Å²) in [6.07, 6.45) is 0.551. The Bertz CT molecular complexity index is 106. The summed E-state index contributed by atoms with van der Waals surface area (Å²) in [4.78, 5) is 10.1. The van der Waals surface area contributed by atoms with Crippen LogP contribution < -0.4 is 5.73 Å². The molecular formula is C6H15MgNO2. The number of carbonyl (C=O) groups is 1. The average Bonchev–Trinajstić information content (AvgIpc) is 1.63. The molecule has 0 heterocycles. The predicted octanol–water partition coefficient (Wildman–Crippen LogP) is -0.472. The van der Waals surface area contributed by atoms with Crippen LogP contribution in [0.2, 0.25) is 0 Å². The van der Waals surface area contributed by atoms with E-state index in [2.05, 4.69) is 0 Å². The molecule has 1 unspecified atom stereocenters. The highest BCUT2D eigenvalue weighted by Crippen LogP contribution is 2.01. The minimum Gasteiger partial charge on any atom is -0.480 e. The Morgan fingerprint density at radius 2 is 2.00 bits per heavy atom. The molecule has 0 amide bonds. The van der Waals surface area contributed by atoms with Gasteiger partial charge in [0.15, 0.2) is 0 Å². The minimum absolute atomic E-state index is 0. The molecule has 0 aliphatic rings. The number of carboxylic acids is 1. The Kier molecular flexibility index (Phi) is 7.63. The maximum absolute atomic E-state index is 10.1. The van der Waals surface area contributed by atoms with Crippen molar-refractivity contribution in [2.24, 2.45) is 11.7 Å². The van der Waals surface area contributed by atoms with Crippen LogP contribution in [0.3, 0.4) is 0 Å². The van der Waals surface area contributed by atoms with Crippen LogP contribution >= 0.6 is 0 Å². The summed E-state index contributed by atoms with van der Waals surface area (Å²) < 4.78 is 0. The van der Waals surface area contributed by atoms with E-state index in [1.165, 1.54) is 0 Å². The zero-order valence-corrected chi connectivity index (χ0v) is 5.79. The zero-order chi connectivity index (χ0) is 7.44. The molecule has 0 aromatic heterocycles. The number of hydrogen-bond acceptors (Lipinski definition) is 2. The fourth-order valence-electron chi connectivity index (χ4n) is 0.609. The van der Waals surface area contributed by atoms with Gasteiger partial charge in [-0.25, -0.2) is 0 Å². The molecule has 1 atom stereocenters. The van der Waals surface area contributed by atoms with Gasteiger partial charge in [0.2, 0.25) is 0 Å². The highest BCUT2D eigenvalue weighted by atomic mass is 24.3. The van der Waals surface area contributed by atoms with Crippen molar-refractivity contribution >= 4 is 29.0 Å². The van der Waals surface area contributed by atoms with Crippen LogP contribution in [0.1, 0.15) is 20.3 Å². The first-order valence-corrected chi connectivity index (χ1v) is 3.02. The van der Waals surface area contributed by atoms with Crippen molar-refractivity contribution in [3.05, 3.63) is 0 Å².